The predicted molar refractivity (Wildman–Crippen MR) is 370 cm³/mol. The van der Waals surface area contributed by atoms with E-state index in [4.69, 9.17) is 0 Å². The summed E-state index contributed by atoms with van der Waals surface area (Å²) < 4.78 is 5.69. The van der Waals surface area contributed by atoms with Crippen LogP contribution in [0.25, 0.3) is 98.4 Å². The highest BCUT2D eigenvalue weighted by atomic mass is 28.3. The molecule has 0 aliphatic carbocycles. The lowest BCUT2D eigenvalue weighted by molar-refractivity contribution is 1.37. The van der Waals surface area contributed by atoms with Crippen molar-refractivity contribution in [2.75, 3.05) is 0 Å². The Kier molecular flexibility index (Phi) is 11.8. The maximum absolute atomic E-state index is 2.84. The maximum Gasteiger partial charge on any atom is 0.0803 e. The van der Waals surface area contributed by atoms with Crippen molar-refractivity contribution in [1.82, 2.24) is 8.80 Å². The van der Waals surface area contributed by atoms with Crippen molar-refractivity contribution in [3.63, 3.8) is 0 Å². The molecule has 11 aromatic rings. The van der Waals surface area contributed by atoms with Gasteiger partial charge in [0.2, 0.25) is 0 Å². The summed E-state index contributed by atoms with van der Waals surface area (Å²) in [4.78, 5) is 0. The first-order valence-electron chi connectivity index (χ1n) is 28.6. The third-order valence-electron chi connectivity index (χ3n) is 17.5. The van der Waals surface area contributed by atoms with Crippen LogP contribution in [-0.2, 0) is 0 Å². The monoisotopic (exact) mass is 1130 g/mol. The quantitative estimate of drug-likeness (QED) is 0.121. The summed E-state index contributed by atoms with van der Waals surface area (Å²) in [5.41, 5.74) is 14.0. The first kappa shape index (κ1) is 53.9. The molecule has 7 aromatic carbocycles. The van der Waals surface area contributed by atoms with E-state index in [0.717, 1.165) is 0 Å². The third kappa shape index (κ3) is 8.47. The second-order valence-electron chi connectivity index (χ2n) is 31.8. The van der Waals surface area contributed by atoms with Crippen LogP contribution in [-0.4, -0.2) is 73.4 Å². The Morgan fingerprint density at radius 1 is 0.224 bits per heavy atom. The van der Waals surface area contributed by atoms with Gasteiger partial charge in [-0.25, -0.2) is 0 Å². The van der Waals surface area contributed by atoms with Crippen LogP contribution in [0.4, 0.5) is 0 Å². The van der Waals surface area contributed by atoms with Crippen LogP contribution < -0.4 is 41.5 Å². The molecule has 0 atom stereocenters. The lowest BCUT2D eigenvalue weighted by atomic mass is 9.96. The van der Waals surface area contributed by atoms with Crippen molar-refractivity contribution in [3.8, 4) is 22.3 Å². The largest absolute Gasteiger partial charge is 0.308 e. The van der Waals surface area contributed by atoms with E-state index in [0.29, 0.717) is 0 Å². The first-order chi connectivity index (χ1) is 34.7. The smallest absolute Gasteiger partial charge is 0.0803 e. The first-order valence-corrected chi connectivity index (χ1v) is 56.6. The van der Waals surface area contributed by atoms with Gasteiger partial charge in [0, 0.05) is 43.1 Å². The zero-order valence-electron chi connectivity index (χ0n) is 51.1. The summed E-state index contributed by atoms with van der Waals surface area (Å²) >= 11 is 0. The summed E-state index contributed by atoms with van der Waals surface area (Å²) in [6.45, 7) is 61.2. The SMILES string of the molecule is C[Si](C)(C)c1cc(-c2ccc3c4c5c6cc([Si](C)(C)C)cc([Si](C)(C)C)c6n6c7cc(-c8cc([Si](C)(C)C)cc([Si](C)(C)C)c8)ccc7c(c7c8cc([Si](C)(C)C)cc([Si](C)(C)C)c8n(c3c2)c47)c56)cc([Si](C)(C)C)c1. The fraction of sp³-hybridized carbons (Fsp3) is 0.364. The van der Waals surface area contributed by atoms with Crippen LogP contribution in [0.5, 0.6) is 0 Å². The van der Waals surface area contributed by atoms with Gasteiger partial charge in [-0.05, 0) is 44.8 Å². The van der Waals surface area contributed by atoms with Crippen LogP contribution >= 0.6 is 0 Å². The minimum Gasteiger partial charge on any atom is -0.308 e. The number of fused-ring (bicyclic) bond motifs is 14. The van der Waals surface area contributed by atoms with E-state index in [1.807, 2.05) is 0 Å². The van der Waals surface area contributed by atoms with Crippen molar-refractivity contribution < 1.29 is 0 Å². The highest BCUT2D eigenvalue weighted by Gasteiger charge is 2.36. The van der Waals surface area contributed by atoms with Gasteiger partial charge in [0.1, 0.15) is 0 Å². The molecule has 0 fully saturated rings. The van der Waals surface area contributed by atoms with E-state index in [-0.39, 0.29) is 0 Å². The van der Waals surface area contributed by atoms with E-state index in [2.05, 4.69) is 263 Å². The third-order valence-corrected chi connectivity index (χ3v) is 33.6. The molecule has 0 spiro atoms. The lowest BCUT2D eigenvalue weighted by Crippen LogP contribution is -2.45. The summed E-state index contributed by atoms with van der Waals surface area (Å²) in [6.07, 6.45) is 0. The zero-order chi connectivity index (χ0) is 55.5. The van der Waals surface area contributed by atoms with Crippen LogP contribution in [0, 0.1) is 0 Å². The number of nitrogens with zero attached hydrogens (tertiary/aromatic N) is 2. The molecule has 11 rings (SSSR count). The molecule has 4 heterocycles. The Bertz CT molecular complexity index is 3890. The molecule has 76 heavy (non-hydrogen) atoms. The minimum atomic E-state index is -1.94. The molecule has 0 aliphatic rings. The second kappa shape index (κ2) is 16.7. The summed E-state index contributed by atoms with van der Waals surface area (Å²) in [5, 5.41) is 24.2. The molecule has 0 unspecified atom stereocenters. The van der Waals surface area contributed by atoms with Gasteiger partial charge in [0.05, 0.1) is 97.7 Å². The molecule has 0 radical (unpaired) electrons. The minimum absolute atomic E-state index is 1.34. The summed E-state index contributed by atoms with van der Waals surface area (Å²) in [7, 11) is -13.9. The fourth-order valence-electron chi connectivity index (χ4n) is 12.6. The van der Waals surface area contributed by atoms with Gasteiger partial charge in [-0.3, -0.25) is 0 Å². The molecule has 0 N–H and O–H groups in total. The average molecular weight is 1130 g/mol. The van der Waals surface area contributed by atoms with Crippen LogP contribution in [0.2, 0.25) is 157 Å². The Balaban J connectivity index is 1.42. The average Bonchev–Trinajstić information content (AvgIpc) is 4.01. The van der Waals surface area contributed by atoms with Gasteiger partial charge in [-0.2, -0.15) is 0 Å². The van der Waals surface area contributed by atoms with Crippen molar-refractivity contribution in [1.29, 1.82) is 0 Å². The molecule has 0 saturated carbocycles. The van der Waals surface area contributed by atoms with Gasteiger partial charge >= 0.3 is 0 Å². The van der Waals surface area contributed by atoms with Crippen LogP contribution in [0.15, 0.2) is 97.1 Å². The lowest BCUT2D eigenvalue weighted by Gasteiger charge is -2.25. The molecule has 0 bridgehead atoms. The van der Waals surface area contributed by atoms with Gasteiger partial charge in [0.25, 0.3) is 0 Å². The summed E-state index contributed by atoms with van der Waals surface area (Å²) in [6, 6.07) is 41.7. The molecule has 10 heteroatoms. The standard InChI is InChI=1S/C66H88N2Si8/c1-69(2,3)45-29-43(30-46(35-45)70(4,5)6)41-25-27-51-55(33-41)67-63-53(37-49(73(13,14)15)39-57(63)75(19,20)21)62-60-52-28-26-42(44-31-47(71(7,8)9)36-48(32-44)72(10,11)12)34-56(52)68-64-54(61(66(60)68)59(51)65(62)67)38-50(74(16,17)18)40-58(64)76(22,23)24/h25-40H,1-24H3. The van der Waals surface area contributed by atoms with Gasteiger partial charge in [0.15, 0.2) is 0 Å². The van der Waals surface area contributed by atoms with Crippen molar-refractivity contribution in [3.05, 3.63) is 97.1 Å². The number of hydrogen-bond donors (Lipinski definition) is 0. The van der Waals surface area contributed by atoms with E-state index in [9.17, 15) is 0 Å². The summed E-state index contributed by atoms with van der Waals surface area (Å²) in [5.74, 6) is 0. The van der Waals surface area contributed by atoms with E-state index in [1.165, 1.54) is 98.4 Å². The van der Waals surface area contributed by atoms with E-state index >= 15 is 0 Å². The Hall–Kier alpha value is -4.12. The highest BCUT2D eigenvalue weighted by molar-refractivity contribution is 6.95. The molecule has 0 aliphatic heterocycles. The van der Waals surface area contributed by atoms with Crippen LogP contribution in [0.1, 0.15) is 0 Å². The second-order valence-corrected chi connectivity index (χ2v) is 72.3. The zero-order valence-corrected chi connectivity index (χ0v) is 59.1. The van der Waals surface area contributed by atoms with Gasteiger partial charge in [-0.1, -0.05) is 273 Å². The van der Waals surface area contributed by atoms with E-state index in [1.54, 1.807) is 41.5 Å². The van der Waals surface area contributed by atoms with Crippen LogP contribution in [0.3, 0.4) is 0 Å². The molecule has 0 saturated heterocycles. The number of rotatable bonds is 10. The topological polar surface area (TPSA) is 8.82 Å². The molecule has 4 aromatic heterocycles. The van der Waals surface area contributed by atoms with Crippen molar-refractivity contribution in [2.24, 2.45) is 0 Å². The van der Waals surface area contributed by atoms with Gasteiger partial charge < -0.3 is 8.80 Å². The highest BCUT2D eigenvalue weighted by Crippen LogP contribution is 2.52. The molecule has 0 amide bonds. The molecule has 2 nitrogen and oxygen atoms in total. The number of hydrogen-bond acceptors (Lipinski definition) is 0. The van der Waals surface area contributed by atoms with Gasteiger partial charge in [-0.15, -0.1) is 0 Å². The number of benzene rings is 7. The Morgan fingerprint density at radius 3 is 0.750 bits per heavy atom. The normalized spacial score (nSPS) is 14.3. The predicted octanol–water partition coefficient (Wildman–Crippen LogP) is 15.7. The molecular weight excluding hydrogens is 1050 g/mol. The Labute approximate surface area is 464 Å². The van der Waals surface area contributed by atoms with E-state index < -0.39 is 64.6 Å². The number of aromatic nitrogens is 2. The van der Waals surface area contributed by atoms with Crippen molar-refractivity contribution >= 4 is 182 Å². The molecular formula is C66H88N2Si8. The van der Waals surface area contributed by atoms with Crippen molar-refractivity contribution in [2.45, 2.75) is 157 Å². The Morgan fingerprint density at radius 2 is 0.487 bits per heavy atom. The fourth-order valence-corrected chi connectivity index (χ4v) is 23.3. The molecule has 394 valence electrons. The maximum atomic E-state index is 2.84.